The van der Waals surface area contributed by atoms with Crippen molar-refractivity contribution in [1.29, 1.82) is 0 Å². The summed E-state index contributed by atoms with van der Waals surface area (Å²) in [5.74, 6) is 0.147. The third-order valence-electron chi connectivity index (χ3n) is 5.04. The highest BCUT2D eigenvalue weighted by atomic mass is 19.1. The highest BCUT2D eigenvalue weighted by Gasteiger charge is 2.52. The van der Waals surface area contributed by atoms with Crippen LogP contribution < -0.4 is 10.2 Å². The Balaban J connectivity index is 1.90. The Kier molecular flexibility index (Phi) is 4.65. The van der Waals surface area contributed by atoms with E-state index in [1.165, 1.54) is 6.07 Å². The van der Waals surface area contributed by atoms with Gasteiger partial charge in [0.15, 0.2) is 0 Å². The molecule has 0 N–H and O–H groups in total. The SMILES string of the molecule is Cc1cc(B2OC(C)(C)C(C)(C)O2)c(OCc2ccccc2)cc1F. The van der Waals surface area contributed by atoms with Gasteiger partial charge in [-0.05, 0) is 45.7 Å². The van der Waals surface area contributed by atoms with Crippen LogP contribution in [0.1, 0.15) is 38.8 Å². The van der Waals surface area contributed by atoms with Crippen LogP contribution in [0, 0.1) is 12.7 Å². The minimum Gasteiger partial charge on any atom is -0.489 e. The fraction of sp³-hybridized carbons (Fsp3) is 0.400. The van der Waals surface area contributed by atoms with Crippen LogP contribution in [0.4, 0.5) is 4.39 Å². The molecule has 0 spiro atoms. The normalized spacial score (nSPS) is 18.4. The van der Waals surface area contributed by atoms with Gasteiger partial charge < -0.3 is 14.0 Å². The molecule has 1 saturated heterocycles. The van der Waals surface area contributed by atoms with Crippen molar-refractivity contribution in [3.8, 4) is 5.75 Å². The average Bonchev–Trinajstić information content (AvgIpc) is 2.77. The molecule has 0 amide bonds. The zero-order valence-corrected chi connectivity index (χ0v) is 15.4. The van der Waals surface area contributed by atoms with Crippen LogP contribution in [0.3, 0.4) is 0 Å². The first-order valence-corrected chi connectivity index (χ1v) is 8.52. The lowest BCUT2D eigenvalue weighted by molar-refractivity contribution is 0.00578. The standard InChI is InChI=1S/C20H24BFO3/c1-14-11-16(21-24-19(2,3)20(4,5)25-21)18(12-17(14)22)23-13-15-9-7-6-8-10-15/h6-12H,13H2,1-5H3. The maximum Gasteiger partial charge on any atom is 0.498 e. The monoisotopic (exact) mass is 342 g/mol. The van der Waals surface area contributed by atoms with Crippen molar-refractivity contribution in [1.82, 2.24) is 0 Å². The van der Waals surface area contributed by atoms with Gasteiger partial charge in [-0.15, -0.1) is 0 Å². The second-order valence-corrected chi connectivity index (χ2v) is 7.50. The predicted molar refractivity (Wildman–Crippen MR) is 97.6 cm³/mol. The molecule has 1 aliphatic heterocycles. The van der Waals surface area contributed by atoms with Crippen molar-refractivity contribution in [3.05, 3.63) is 59.4 Å². The van der Waals surface area contributed by atoms with E-state index in [1.807, 2.05) is 58.0 Å². The van der Waals surface area contributed by atoms with E-state index < -0.39 is 18.3 Å². The van der Waals surface area contributed by atoms with E-state index in [4.69, 9.17) is 14.0 Å². The number of hydrogen-bond acceptors (Lipinski definition) is 3. The fourth-order valence-electron chi connectivity index (χ4n) is 2.70. The van der Waals surface area contributed by atoms with Gasteiger partial charge in [-0.1, -0.05) is 36.4 Å². The number of ether oxygens (including phenoxy) is 1. The van der Waals surface area contributed by atoms with Gasteiger partial charge in [0.05, 0.1) is 11.2 Å². The van der Waals surface area contributed by atoms with Crippen molar-refractivity contribution in [2.75, 3.05) is 0 Å². The van der Waals surface area contributed by atoms with Crippen molar-refractivity contribution in [3.63, 3.8) is 0 Å². The van der Waals surface area contributed by atoms with E-state index in [9.17, 15) is 4.39 Å². The van der Waals surface area contributed by atoms with Crippen molar-refractivity contribution in [2.24, 2.45) is 0 Å². The van der Waals surface area contributed by atoms with Crippen LogP contribution >= 0.6 is 0 Å². The average molecular weight is 342 g/mol. The minimum absolute atomic E-state index is 0.302. The molecule has 132 valence electrons. The summed E-state index contributed by atoms with van der Waals surface area (Å²) in [4.78, 5) is 0. The molecule has 0 unspecified atom stereocenters. The van der Waals surface area contributed by atoms with Crippen LogP contribution in [0.5, 0.6) is 5.75 Å². The number of aryl methyl sites for hydroxylation is 1. The van der Waals surface area contributed by atoms with Gasteiger partial charge >= 0.3 is 7.12 Å². The Hall–Kier alpha value is -1.85. The van der Waals surface area contributed by atoms with E-state index in [2.05, 4.69) is 0 Å². The van der Waals surface area contributed by atoms with Crippen molar-refractivity contribution >= 4 is 12.6 Å². The third kappa shape index (κ3) is 3.58. The van der Waals surface area contributed by atoms with Crippen LogP contribution in [0.15, 0.2) is 42.5 Å². The first-order chi connectivity index (χ1) is 11.7. The largest absolute Gasteiger partial charge is 0.498 e. The van der Waals surface area contributed by atoms with Crippen LogP contribution in [0.2, 0.25) is 0 Å². The fourth-order valence-corrected chi connectivity index (χ4v) is 2.70. The molecule has 2 aromatic rings. The van der Waals surface area contributed by atoms with Gasteiger partial charge in [0.2, 0.25) is 0 Å². The molecule has 1 heterocycles. The number of benzene rings is 2. The summed E-state index contributed by atoms with van der Waals surface area (Å²) in [5, 5.41) is 0. The molecular formula is C20H24BFO3. The van der Waals surface area contributed by atoms with E-state index >= 15 is 0 Å². The topological polar surface area (TPSA) is 27.7 Å². The lowest BCUT2D eigenvalue weighted by atomic mass is 9.77. The highest BCUT2D eigenvalue weighted by Crippen LogP contribution is 2.37. The summed E-state index contributed by atoms with van der Waals surface area (Å²) in [5.41, 5.74) is 1.35. The second-order valence-electron chi connectivity index (χ2n) is 7.50. The van der Waals surface area contributed by atoms with Crippen molar-refractivity contribution < 1.29 is 18.4 Å². The molecule has 0 aliphatic carbocycles. The summed E-state index contributed by atoms with van der Waals surface area (Å²) < 4.78 is 32.2. The van der Waals surface area contributed by atoms with Gasteiger partial charge in [-0.3, -0.25) is 0 Å². The highest BCUT2D eigenvalue weighted by molar-refractivity contribution is 6.63. The summed E-state index contributed by atoms with van der Waals surface area (Å²) >= 11 is 0. The summed E-state index contributed by atoms with van der Waals surface area (Å²) in [7, 11) is -0.588. The smallest absolute Gasteiger partial charge is 0.489 e. The van der Waals surface area contributed by atoms with Gasteiger partial charge in [0.25, 0.3) is 0 Å². The Morgan fingerprint density at radius 3 is 2.20 bits per heavy atom. The van der Waals surface area contributed by atoms with Crippen LogP contribution in [-0.2, 0) is 15.9 Å². The third-order valence-corrected chi connectivity index (χ3v) is 5.04. The van der Waals surface area contributed by atoms with E-state index in [1.54, 1.807) is 13.0 Å². The molecule has 3 rings (SSSR count). The Morgan fingerprint density at radius 2 is 1.60 bits per heavy atom. The molecule has 1 aliphatic rings. The lowest BCUT2D eigenvalue weighted by Crippen LogP contribution is -2.41. The molecule has 0 aromatic heterocycles. The maximum absolute atomic E-state index is 14.1. The van der Waals surface area contributed by atoms with Gasteiger partial charge in [0, 0.05) is 11.5 Å². The zero-order valence-electron chi connectivity index (χ0n) is 15.4. The molecule has 0 saturated carbocycles. The number of hydrogen-bond donors (Lipinski definition) is 0. The summed E-state index contributed by atoms with van der Waals surface area (Å²) in [6, 6.07) is 13.0. The zero-order chi connectivity index (χ0) is 18.2. The molecule has 2 aromatic carbocycles. The first kappa shape index (κ1) is 18.0. The van der Waals surface area contributed by atoms with Gasteiger partial charge in [0.1, 0.15) is 18.2 Å². The second kappa shape index (κ2) is 6.47. The number of rotatable bonds is 4. The van der Waals surface area contributed by atoms with Crippen LogP contribution in [-0.4, -0.2) is 18.3 Å². The first-order valence-electron chi connectivity index (χ1n) is 8.52. The Bertz CT molecular complexity index is 743. The molecule has 5 heteroatoms. The predicted octanol–water partition coefficient (Wildman–Crippen LogP) is 4.01. The quantitative estimate of drug-likeness (QED) is 0.786. The Morgan fingerprint density at radius 1 is 1.00 bits per heavy atom. The molecule has 1 fully saturated rings. The van der Waals surface area contributed by atoms with Crippen LogP contribution in [0.25, 0.3) is 0 Å². The number of halogens is 1. The van der Waals surface area contributed by atoms with E-state index in [-0.39, 0.29) is 5.82 Å². The Labute approximate surface area is 149 Å². The molecule has 0 atom stereocenters. The summed E-state index contributed by atoms with van der Waals surface area (Å²) in [6.45, 7) is 10.1. The molecule has 25 heavy (non-hydrogen) atoms. The lowest BCUT2D eigenvalue weighted by Gasteiger charge is -2.32. The van der Waals surface area contributed by atoms with Gasteiger partial charge in [-0.25, -0.2) is 4.39 Å². The molecule has 0 radical (unpaired) electrons. The van der Waals surface area contributed by atoms with Gasteiger partial charge in [-0.2, -0.15) is 0 Å². The van der Waals surface area contributed by atoms with E-state index in [0.717, 1.165) is 5.56 Å². The minimum atomic E-state index is -0.588. The van der Waals surface area contributed by atoms with Crippen molar-refractivity contribution in [2.45, 2.75) is 52.4 Å². The maximum atomic E-state index is 14.1. The molecule has 3 nitrogen and oxygen atoms in total. The molecule has 0 bridgehead atoms. The van der Waals surface area contributed by atoms with E-state index in [0.29, 0.717) is 23.4 Å². The summed E-state index contributed by atoms with van der Waals surface area (Å²) in [6.07, 6.45) is 0. The molecular weight excluding hydrogens is 318 g/mol.